The molecule has 6 heteroatoms. The van der Waals surface area contributed by atoms with Gasteiger partial charge in [0, 0.05) is 13.0 Å². The van der Waals surface area contributed by atoms with E-state index in [2.05, 4.69) is 10.3 Å². The van der Waals surface area contributed by atoms with Crippen molar-refractivity contribution >= 4 is 22.4 Å². The number of aliphatic hydroxyl groups excluding tert-OH is 1. The third kappa shape index (κ3) is 2.01. The Morgan fingerprint density at radius 2 is 2.47 bits per heavy atom. The fourth-order valence-corrected chi connectivity index (χ4v) is 2.75. The van der Waals surface area contributed by atoms with Gasteiger partial charge in [0.25, 0.3) is 0 Å². The van der Waals surface area contributed by atoms with E-state index in [4.69, 9.17) is 5.73 Å². The Morgan fingerprint density at radius 1 is 1.73 bits per heavy atom. The molecule has 1 aromatic rings. The van der Waals surface area contributed by atoms with Crippen molar-refractivity contribution in [2.75, 3.05) is 5.32 Å². The molecule has 4 N–H and O–H groups in total. The number of carbonyl (C=O) groups excluding carboxylic acids is 1. The molecule has 0 saturated heterocycles. The predicted molar refractivity (Wildman–Crippen MR) is 57.7 cm³/mol. The molecule has 1 aliphatic carbocycles. The highest BCUT2D eigenvalue weighted by Gasteiger charge is 2.28. The Bertz CT molecular complexity index is 391. The minimum atomic E-state index is -0.645. The van der Waals surface area contributed by atoms with Gasteiger partial charge in [0.1, 0.15) is 6.10 Å². The van der Waals surface area contributed by atoms with Gasteiger partial charge in [-0.3, -0.25) is 4.79 Å². The number of aryl methyl sites for hydroxylation is 1. The second-order valence-corrected chi connectivity index (χ2v) is 4.69. The number of hydrogen-bond donors (Lipinski definition) is 3. The van der Waals surface area contributed by atoms with Crippen LogP contribution >= 0.6 is 11.3 Å². The van der Waals surface area contributed by atoms with Crippen LogP contribution in [-0.4, -0.2) is 22.0 Å². The SMILES string of the molecule is CC(=O)Nc1nc2c(s1)C(O)C(N)CC2. The van der Waals surface area contributed by atoms with E-state index in [0.717, 1.165) is 23.4 Å². The highest BCUT2D eigenvalue weighted by molar-refractivity contribution is 7.16. The van der Waals surface area contributed by atoms with Crippen molar-refractivity contribution in [3.8, 4) is 0 Å². The number of nitrogens with zero attached hydrogens (tertiary/aromatic N) is 1. The van der Waals surface area contributed by atoms with Gasteiger partial charge in [-0.1, -0.05) is 11.3 Å². The predicted octanol–water partition coefficient (Wildman–Crippen LogP) is 0.408. The summed E-state index contributed by atoms with van der Waals surface area (Å²) in [6, 6.07) is -0.219. The zero-order valence-corrected chi connectivity index (χ0v) is 9.17. The second kappa shape index (κ2) is 3.88. The molecule has 15 heavy (non-hydrogen) atoms. The van der Waals surface area contributed by atoms with Crippen molar-refractivity contribution in [3.05, 3.63) is 10.6 Å². The Morgan fingerprint density at radius 3 is 3.13 bits per heavy atom. The van der Waals surface area contributed by atoms with Gasteiger partial charge < -0.3 is 16.2 Å². The number of anilines is 1. The van der Waals surface area contributed by atoms with E-state index < -0.39 is 6.10 Å². The Balaban J connectivity index is 2.27. The molecule has 1 heterocycles. The molecule has 0 bridgehead atoms. The van der Waals surface area contributed by atoms with Crippen molar-refractivity contribution < 1.29 is 9.90 Å². The third-order valence-corrected chi connectivity index (χ3v) is 3.48. The Kier molecular flexibility index (Phi) is 2.72. The summed E-state index contributed by atoms with van der Waals surface area (Å²) in [6.45, 7) is 1.43. The number of fused-ring (bicyclic) bond motifs is 1. The Hall–Kier alpha value is -0.980. The van der Waals surface area contributed by atoms with Crippen LogP contribution in [0.4, 0.5) is 5.13 Å². The van der Waals surface area contributed by atoms with Gasteiger partial charge in [0.05, 0.1) is 10.6 Å². The fraction of sp³-hybridized carbons (Fsp3) is 0.556. The largest absolute Gasteiger partial charge is 0.386 e. The Labute approximate surface area is 91.3 Å². The second-order valence-electron chi connectivity index (χ2n) is 3.66. The molecule has 2 rings (SSSR count). The zero-order chi connectivity index (χ0) is 11.0. The first-order valence-electron chi connectivity index (χ1n) is 4.78. The summed E-state index contributed by atoms with van der Waals surface area (Å²) in [6.07, 6.45) is 0.856. The highest BCUT2D eigenvalue weighted by Crippen LogP contribution is 2.35. The third-order valence-electron chi connectivity index (χ3n) is 2.40. The van der Waals surface area contributed by atoms with Gasteiger partial charge in [-0.05, 0) is 12.8 Å². The maximum Gasteiger partial charge on any atom is 0.223 e. The summed E-state index contributed by atoms with van der Waals surface area (Å²) in [4.78, 5) is 15.9. The first-order chi connectivity index (χ1) is 7.08. The molecule has 0 aromatic carbocycles. The van der Waals surface area contributed by atoms with E-state index in [0.29, 0.717) is 5.13 Å². The fourth-order valence-electron chi connectivity index (χ4n) is 1.63. The lowest BCUT2D eigenvalue weighted by Crippen LogP contribution is -2.32. The number of aliphatic hydroxyl groups is 1. The van der Waals surface area contributed by atoms with E-state index in [-0.39, 0.29) is 11.9 Å². The van der Waals surface area contributed by atoms with Crippen molar-refractivity contribution in [2.45, 2.75) is 31.9 Å². The summed E-state index contributed by atoms with van der Waals surface area (Å²) in [7, 11) is 0. The molecule has 5 nitrogen and oxygen atoms in total. The maximum atomic E-state index is 10.8. The van der Waals surface area contributed by atoms with Crippen molar-refractivity contribution in [3.63, 3.8) is 0 Å². The van der Waals surface area contributed by atoms with Gasteiger partial charge in [-0.25, -0.2) is 4.98 Å². The van der Waals surface area contributed by atoms with Crippen LogP contribution in [0.3, 0.4) is 0 Å². The number of thiazole rings is 1. The number of amides is 1. The van der Waals surface area contributed by atoms with Gasteiger partial charge in [0.2, 0.25) is 5.91 Å². The molecule has 82 valence electrons. The first-order valence-corrected chi connectivity index (χ1v) is 5.60. The molecule has 2 unspecified atom stereocenters. The topological polar surface area (TPSA) is 88.2 Å². The monoisotopic (exact) mass is 227 g/mol. The lowest BCUT2D eigenvalue weighted by Gasteiger charge is -2.22. The van der Waals surface area contributed by atoms with Gasteiger partial charge >= 0.3 is 0 Å². The highest BCUT2D eigenvalue weighted by atomic mass is 32.1. The summed E-state index contributed by atoms with van der Waals surface area (Å²) >= 11 is 1.30. The van der Waals surface area contributed by atoms with E-state index in [1.54, 1.807) is 0 Å². The normalized spacial score (nSPS) is 24.7. The molecular formula is C9H13N3O2S. The van der Waals surface area contributed by atoms with Crippen molar-refractivity contribution in [2.24, 2.45) is 5.73 Å². The number of hydrogen-bond acceptors (Lipinski definition) is 5. The van der Waals surface area contributed by atoms with Crippen LogP contribution in [0.15, 0.2) is 0 Å². The molecule has 2 atom stereocenters. The van der Waals surface area contributed by atoms with Crippen LogP contribution < -0.4 is 11.1 Å². The number of carbonyl (C=O) groups is 1. The van der Waals surface area contributed by atoms with E-state index in [1.807, 2.05) is 0 Å². The summed E-state index contributed by atoms with van der Waals surface area (Å²) in [5.74, 6) is -0.153. The number of rotatable bonds is 1. The van der Waals surface area contributed by atoms with Gasteiger partial charge in [-0.2, -0.15) is 0 Å². The summed E-state index contributed by atoms with van der Waals surface area (Å²) in [5, 5.41) is 13.0. The van der Waals surface area contributed by atoms with Crippen LogP contribution in [0.1, 0.15) is 30.0 Å². The van der Waals surface area contributed by atoms with Crippen LogP contribution in [0.5, 0.6) is 0 Å². The molecule has 0 saturated carbocycles. The summed E-state index contributed by atoms with van der Waals surface area (Å²) < 4.78 is 0. The number of aromatic nitrogens is 1. The molecule has 1 aromatic heterocycles. The maximum absolute atomic E-state index is 10.8. The van der Waals surface area contributed by atoms with Crippen LogP contribution in [-0.2, 0) is 11.2 Å². The lowest BCUT2D eigenvalue weighted by atomic mass is 9.96. The molecule has 1 aliphatic rings. The average molecular weight is 227 g/mol. The van der Waals surface area contributed by atoms with Crippen LogP contribution in [0, 0.1) is 0 Å². The van der Waals surface area contributed by atoms with Crippen LogP contribution in [0.2, 0.25) is 0 Å². The number of nitrogens with two attached hydrogens (primary N) is 1. The molecular weight excluding hydrogens is 214 g/mol. The molecule has 0 fully saturated rings. The molecule has 0 radical (unpaired) electrons. The van der Waals surface area contributed by atoms with Crippen LogP contribution in [0.25, 0.3) is 0 Å². The van der Waals surface area contributed by atoms with Gasteiger partial charge in [-0.15, -0.1) is 0 Å². The lowest BCUT2D eigenvalue weighted by molar-refractivity contribution is -0.114. The standard InChI is InChI=1S/C9H13N3O2S/c1-4(13)11-9-12-6-3-2-5(10)7(14)8(6)15-9/h5,7,14H,2-3,10H2,1H3,(H,11,12,13). The zero-order valence-electron chi connectivity index (χ0n) is 8.36. The van der Waals surface area contributed by atoms with Crippen molar-refractivity contribution in [1.29, 1.82) is 0 Å². The molecule has 1 amide bonds. The van der Waals surface area contributed by atoms with Crippen molar-refractivity contribution in [1.82, 2.24) is 4.98 Å². The average Bonchev–Trinajstić information content (AvgIpc) is 2.54. The number of nitrogens with one attached hydrogen (secondary N) is 1. The minimum absolute atomic E-state index is 0.153. The quantitative estimate of drug-likeness (QED) is 0.648. The molecule has 0 aliphatic heterocycles. The van der Waals surface area contributed by atoms with E-state index in [1.165, 1.54) is 18.3 Å². The smallest absolute Gasteiger partial charge is 0.223 e. The molecule has 0 spiro atoms. The van der Waals surface area contributed by atoms with Gasteiger partial charge in [0.15, 0.2) is 5.13 Å². The summed E-state index contributed by atoms with van der Waals surface area (Å²) in [5.41, 5.74) is 6.60. The minimum Gasteiger partial charge on any atom is -0.386 e. The van der Waals surface area contributed by atoms with E-state index >= 15 is 0 Å². The first kappa shape index (κ1) is 10.5. The van der Waals surface area contributed by atoms with E-state index in [9.17, 15) is 9.90 Å².